The van der Waals surface area contributed by atoms with Gasteiger partial charge < -0.3 is 5.11 Å². The van der Waals surface area contributed by atoms with Crippen LogP contribution in [0.1, 0.15) is 28.6 Å². The zero-order valence-electron chi connectivity index (χ0n) is 11.6. The molecule has 0 bridgehead atoms. The van der Waals surface area contributed by atoms with Crippen molar-refractivity contribution in [3.05, 3.63) is 35.9 Å². The third kappa shape index (κ3) is 3.07. The first-order valence-corrected chi connectivity index (χ1v) is 3.52. The summed E-state index contributed by atoms with van der Waals surface area (Å²) in [6.07, 6.45) is -6.35. The van der Waals surface area contributed by atoms with Crippen LogP contribution in [0.25, 0.3) is 1.43 Å². The molecular weight excluding hydrogens is 168 g/mol. The molecule has 68 valence electrons. The standard InChI is InChI=1S/C10H10O3/c11-9(6-7-10(12)13)8-4-2-1-3-5-8/h1-5H,6-7H2,(H,12,13)/i6D2,7D2/hD. The van der Waals surface area contributed by atoms with Crippen LogP contribution in [-0.4, -0.2) is 16.9 Å². The van der Waals surface area contributed by atoms with Crippen LogP contribution >= 0.6 is 0 Å². The fraction of sp³-hybridized carbons (Fsp3) is 0.200. The van der Waals surface area contributed by atoms with E-state index >= 15 is 0 Å². The van der Waals surface area contributed by atoms with E-state index < -0.39 is 24.5 Å². The zero-order valence-corrected chi connectivity index (χ0v) is 6.61. The van der Waals surface area contributed by atoms with Crippen molar-refractivity contribution >= 4 is 11.8 Å². The number of aliphatic carboxylic acids is 1. The van der Waals surface area contributed by atoms with E-state index in [2.05, 4.69) is 5.11 Å². The summed E-state index contributed by atoms with van der Waals surface area (Å²) in [5, 5.41) is 3.43. The van der Waals surface area contributed by atoms with Crippen molar-refractivity contribution in [2.24, 2.45) is 0 Å². The van der Waals surface area contributed by atoms with Crippen molar-refractivity contribution in [3.63, 3.8) is 0 Å². The molecule has 13 heavy (non-hydrogen) atoms. The normalized spacial score (nSPS) is 17.1. The molecule has 0 aliphatic carbocycles. The molecule has 0 atom stereocenters. The van der Waals surface area contributed by atoms with Gasteiger partial charge in [0.15, 0.2) is 5.78 Å². The Morgan fingerprint density at radius 1 is 1.31 bits per heavy atom. The van der Waals surface area contributed by atoms with Crippen molar-refractivity contribution in [2.75, 3.05) is 0 Å². The van der Waals surface area contributed by atoms with Crippen LogP contribution in [0.15, 0.2) is 30.3 Å². The molecule has 1 N–H and O–H groups in total. The van der Waals surface area contributed by atoms with E-state index in [1.165, 1.54) is 24.3 Å². The molecule has 1 aromatic carbocycles. The predicted octanol–water partition coefficient (Wildman–Crippen LogP) is 1.73. The van der Waals surface area contributed by atoms with E-state index in [1.807, 2.05) is 0 Å². The average Bonchev–Trinajstić information content (AvgIpc) is 2.37. The van der Waals surface area contributed by atoms with Crippen molar-refractivity contribution in [1.29, 1.82) is 1.43 Å². The smallest absolute Gasteiger partial charge is 0.303 e. The molecule has 0 unspecified atom stereocenters. The predicted molar refractivity (Wildman–Crippen MR) is 47.6 cm³/mol. The number of hydrogen-bond donors (Lipinski definition) is 1. The fourth-order valence-corrected chi connectivity index (χ4v) is 0.769. The highest BCUT2D eigenvalue weighted by Crippen LogP contribution is 2.04. The minimum atomic E-state index is -3.23. The van der Waals surface area contributed by atoms with E-state index in [1.54, 1.807) is 6.07 Å². The molecule has 0 heterocycles. The lowest BCUT2D eigenvalue weighted by atomic mass is 10.1. The number of ketones is 1. The Balaban J connectivity index is 3.14. The number of carboxylic acids is 1. The van der Waals surface area contributed by atoms with Crippen molar-refractivity contribution in [3.8, 4) is 0 Å². The van der Waals surface area contributed by atoms with Crippen molar-refractivity contribution in [1.82, 2.24) is 0 Å². The molecule has 0 aliphatic rings. The summed E-state index contributed by atoms with van der Waals surface area (Å²) in [4.78, 5) is 22.9. The number of rotatable bonds is 4. The van der Waals surface area contributed by atoms with Crippen LogP contribution in [0.5, 0.6) is 0 Å². The second kappa shape index (κ2) is 4.40. The van der Waals surface area contributed by atoms with Gasteiger partial charge in [-0.3, -0.25) is 9.59 Å². The Morgan fingerprint density at radius 2 is 2.00 bits per heavy atom. The van der Waals surface area contributed by atoms with Gasteiger partial charge in [0.2, 0.25) is 0 Å². The molecule has 0 spiro atoms. The fourth-order valence-electron chi connectivity index (χ4n) is 0.769. The molecule has 0 aromatic heterocycles. The topological polar surface area (TPSA) is 54.4 Å². The minimum Gasteiger partial charge on any atom is -0.481 e. The Morgan fingerprint density at radius 3 is 2.62 bits per heavy atom. The second-order valence-corrected chi connectivity index (χ2v) is 2.23. The quantitative estimate of drug-likeness (QED) is 0.723. The van der Waals surface area contributed by atoms with Crippen LogP contribution in [0.4, 0.5) is 0 Å². The summed E-state index contributed by atoms with van der Waals surface area (Å²) < 4.78 is 35.8. The highest BCUT2D eigenvalue weighted by Gasteiger charge is 2.06. The number of carbonyl (C=O) groups is 2. The number of carbonyl (C=O) groups excluding carboxylic acids is 1. The summed E-state index contributed by atoms with van der Waals surface area (Å²) >= 11 is 0. The third-order valence-corrected chi connectivity index (χ3v) is 1.31. The van der Waals surface area contributed by atoms with Gasteiger partial charge >= 0.3 is 5.97 Å². The van der Waals surface area contributed by atoms with E-state index in [-0.39, 0.29) is 5.56 Å². The van der Waals surface area contributed by atoms with Gasteiger partial charge in [-0.15, -0.1) is 0 Å². The maximum absolute atomic E-state index is 11.8. The molecule has 0 saturated heterocycles. The first-order chi connectivity index (χ1) is 8.25. The maximum atomic E-state index is 11.8. The first-order valence-electron chi connectivity index (χ1n) is 5.93. The van der Waals surface area contributed by atoms with Crippen molar-refractivity contribution < 1.29 is 20.2 Å². The largest absolute Gasteiger partial charge is 0.481 e. The van der Waals surface area contributed by atoms with Crippen LogP contribution < -0.4 is 0 Å². The van der Waals surface area contributed by atoms with Gasteiger partial charge in [-0.2, -0.15) is 0 Å². The Bertz CT molecular complexity index is 458. The molecule has 0 aliphatic heterocycles. The molecule has 0 radical (unpaired) electrons. The van der Waals surface area contributed by atoms with E-state index in [0.717, 1.165) is 0 Å². The van der Waals surface area contributed by atoms with Crippen LogP contribution in [0.2, 0.25) is 0 Å². The lowest BCUT2D eigenvalue weighted by Crippen LogP contribution is -2.03. The molecule has 1 rings (SSSR count). The Hall–Kier alpha value is -1.64. The highest BCUT2D eigenvalue weighted by atomic mass is 16.4. The molecule has 3 heteroatoms. The first kappa shape index (κ1) is 4.56. The minimum absolute atomic E-state index is 0.0656. The Labute approximate surface area is 83.1 Å². The third-order valence-electron chi connectivity index (χ3n) is 1.31. The van der Waals surface area contributed by atoms with E-state index in [4.69, 9.17) is 6.91 Å². The molecule has 0 fully saturated rings. The summed E-state index contributed by atoms with van der Waals surface area (Å²) in [7, 11) is 0. The van der Waals surface area contributed by atoms with Gasteiger partial charge in [0.1, 0.15) is 0 Å². The van der Waals surface area contributed by atoms with Gasteiger partial charge in [-0.05, 0) is 0 Å². The number of benzene rings is 1. The van der Waals surface area contributed by atoms with Crippen LogP contribution in [0.3, 0.4) is 0 Å². The lowest BCUT2D eigenvalue weighted by Gasteiger charge is -1.97. The maximum Gasteiger partial charge on any atom is 0.303 e. The van der Waals surface area contributed by atoms with Crippen LogP contribution in [-0.2, 0) is 4.79 Å². The zero-order chi connectivity index (χ0) is 14.0. The SMILES string of the molecule is [2H]OC(=O)C([2H])([2H])C([2H])([2H])C(=O)c1ccccc1. The highest BCUT2D eigenvalue weighted by molar-refractivity contribution is 5.97. The summed E-state index contributed by atoms with van der Waals surface area (Å²) in [5.41, 5.74) is -0.0656. The van der Waals surface area contributed by atoms with Gasteiger partial charge in [-0.25, -0.2) is 0 Å². The van der Waals surface area contributed by atoms with Gasteiger partial charge in [0, 0.05) is 17.4 Å². The second-order valence-electron chi connectivity index (χ2n) is 2.23. The average molecular weight is 183 g/mol. The van der Waals surface area contributed by atoms with E-state index in [9.17, 15) is 9.59 Å². The van der Waals surface area contributed by atoms with Gasteiger partial charge in [-0.1, -0.05) is 30.3 Å². The van der Waals surface area contributed by atoms with Crippen molar-refractivity contribution in [2.45, 2.75) is 12.7 Å². The summed E-state index contributed by atoms with van der Waals surface area (Å²) in [6, 6.07) is 7.20. The summed E-state index contributed by atoms with van der Waals surface area (Å²) in [5.74, 6) is -2.93. The monoisotopic (exact) mass is 183 g/mol. The lowest BCUT2D eigenvalue weighted by molar-refractivity contribution is -0.136. The molecule has 1 aromatic rings. The molecule has 3 nitrogen and oxygen atoms in total. The Kier molecular flexibility index (Phi) is 1.54. The molecular formula is C10H10O3. The van der Waals surface area contributed by atoms with Gasteiger partial charge in [0.25, 0.3) is 1.43 Å². The molecule has 0 amide bonds. The van der Waals surface area contributed by atoms with E-state index in [0.29, 0.717) is 0 Å². The number of hydrogen-bond acceptors (Lipinski definition) is 3. The van der Waals surface area contributed by atoms with Gasteiger partial charge in [0.05, 0.1) is 6.37 Å². The number of carboxylic acid groups (broad SMARTS) is 1. The van der Waals surface area contributed by atoms with Crippen LogP contribution in [0, 0.1) is 0 Å². The summed E-state index contributed by atoms with van der Waals surface area (Å²) in [6.45, 7) is 0. The molecule has 0 saturated carbocycles. The number of Topliss-reactive ketones (excluding diaryl/α,β-unsaturated/α-hetero) is 1.